The number of hydrogen-bond acceptors (Lipinski definition) is 0. The molecule has 0 saturated heterocycles. The average molecular weight is 292 g/mol. The van der Waals surface area contributed by atoms with Crippen LogP contribution in [0.1, 0.15) is 54.9 Å². The normalized spacial score (nSPS) is 16.8. The zero-order valence-electron chi connectivity index (χ0n) is 15.0. The van der Waals surface area contributed by atoms with Gasteiger partial charge in [0, 0.05) is 0 Å². The average Bonchev–Trinajstić information content (AvgIpc) is 2.37. The Morgan fingerprint density at radius 3 is 2.05 bits per heavy atom. The van der Waals surface area contributed by atoms with E-state index in [1.54, 1.807) is 19.9 Å². The molecule has 0 radical (unpaired) electrons. The van der Waals surface area contributed by atoms with Crippen molar-refractivity contribution in [3.8, 4) is 0 Å². The van der Waals surface area contributed by atoms with Crippen LogP contribution in [0.15, 0.2) is 48.1 Å². The molecule has 0 bridgehead atoms. The van der Waals surface area contributed by atoms with Gasteiger partial charge in [-0.05, 0) is 67.7 Å². The molecule has 0 aliphatic heterocycles. The molecular weight excluding hydrogens is 259 g/mol. The van der Waals surface area contributed by atoms with Gasteiger partial charge in [-0.25, -0.2) is 4.39 Å². The highest BCUT2D eigenvalue weighted by Crippen LogP contribution is 2.30. The summed E-state index contributed by atoms with van der Waals surface area (Å²) in [5.41, 5.74) is 1.30. The van der Waals surface area contributed by atoms with Crippen molar-refractivity contribution in [2.45, 2.75) is 60.6 Å². The van der Waals surface area contributed by atoms with Crippen molar-refractivity contribution in [1.29, 1.82) is 0 Å². The third-order valence-corrected chi connectivity index (χ3v) is 4.36. The standard InChI is InChI=1S/C20H33F/c1-10-18(13-19(11-2)20(8,9)21)17(7)16(6)12-15(5)14(3)4/h10-11,13-16H,1,7,12H2,2-6,8-9H3/b18-13+,19-11+/t15?,16-/m0/s1. The van der Waals surface area contributed by atoms with Crippen molar-refractivity contribution in [1.82, 2.24) is 0 Å². The van der Waals surface area contributed by atoms with Gasteiger partial charge in [0.25, 0.3) is 0 Å². The molecule has 120 valence electrons. The zero-order valence-corrected chi connectivity index (χ0v) is 15.0. The summed E-state index contributed by atoms with van der Waals surface area (Å²) in [7, 11) is 0. The molecule has 0 aliphatic rings. The van der Waals surface area contributed by atoms with Crippen LogP contribution >= 0.6 is 0 Å². The lowest BCUT2D eigenvalue weighted by Crippen LogP contribution is -2.15. The summed E-state index contributed by atoms with van der Waals surface area (Å²) < 4.78 is 14.2. The van der Waals surface area contributed by atoms with E-state index < -0.39 is 5.67 Å². The Balaban J connectivity index is 5.20. The summed E-state index contributed by atoms with van der Waals surface area (Å²) in [6.07, 6.45) is 6.57. The van der Waals surface area contributed by atoms with Crippen molar-refractivity contribution in [2.75, 3.05) is 0 Å². The second-order valence-corrected chi connectivity index (χ2v) is 6.90. The molecule has 21 heavy (non-hydrogen) atoms. The first-order chi connectivity index (χ1) is 9.54. The van der Waals surface area contributed by atoms with Gasteiger partial charge < -0.3 is 0 Å². The van der Waals surface area contributed by atoms with Crippen LogP contribution in [0.25, 0.3) is 0 Å². The van der Waals surface area contributed by atoms with Gasteiger partial charge in [-0.2, -0.15) is 0 Å². The lowest BCUT2D eigenvalue weighted by Gasteiger charge is -2.23. The van der Waals surface area contributed by atoms with E-state index in [-0.39, 0.29) is 0 Å². The predicted molar refractivity (Wildman–Crippen MR) is 94.1 cm³/mol. The second kappa shape index (κ2) is 8.36. The largest absolute Gasteiger partial charge is 0.239 e. The molecule has 0 amide bonds. The molecule has 0 rings (SSSR count). The predicted octanol–water partition coefficient (Wildman–Crippen LogP) is 6.67. The SMILES string of the molecule is C=C/C(=C\C(=C/C)C(C)(C)F)C(=C)[C@@H](C)CC(C)C(C)C. The monoisotopic (exact) mass is 292 g/mol. The number of halogens is 1. The van der Waals surface area contributed by atoms with Crippen molar-refractivity contribution in [2.24, 2.45) is 17.8 Å². The van der Waals surface area contributed by atoms with Crippen LogP contribution in [0.2, 0.25) is 0 Å². The highest BCUT2D eigenvalue weighted by Gasteiger charge is 2.21. The summed E-state index contributed by atoms with van der Waals surface area (Å²) in [4.78, 5) is 0. The van der Waals surface area contributed by atoms with E-state index in [9.17, 15) is 4.39 Å². The molecule has 2 atom stereocenters. The van der Waals surface area contributed by atoms with Crippen molar-refractivity contribution >= 4 is 0 Å². The smallest absolute Gasteiger partial charge is 0.130 e. The van der Waals surface area contributed by atoms with Crippen molar-refractivity contribution < 1.29 is 4.39 Å². The summed E-state index contributed by atoms with van der Waals surface area (Å²) in [5.74, 6) is 1.67. The summed E-state index contributed by atoms with van der Waals surface area (Å²) in [6.45, 7) is 22.1. The van der Waals surface area contributed by atoms with Gasteiger partial charge in [0.2, 0.25) is 0 Å². The Hall–Kier alpha value is -1.11. The molecule has 0 fully saturated rings. The van der Waals surface area contributed by atoms with Gasteiger partial charge in [-0.3, -0.25) is 0 Å². The first-order valence-corrected chi connectivity index (χ1v) is 7.93. The molecule has 0 aromatic rings. The van der Waals surface area contributed by atoms with Gasteiger partial charge >= 0.3 is 0 Å². The van der Waals surface area contributed by atoms with E-state index in [4.69, 9.17) is 0 Å². The van der Waals surface area contributed by atoms with Gasteiger partial charge in [0.05, 0.1) is 0 Å². The maximum Gasteiger partial charge on any atom is 0.130 e. The highest BCUT2D eigenvalue weighted by molar-refractivity contribution is 5.45. The summed E-state index contributed by atoms with van der Waals surface area (Å²) in [6, 6.07) is 0. The fourth-order valence-corrected chi connectivity index (χ4v) is 2.31. The second-order valence-electron chi connectivity index (χ2n) is 6.90. The Kier molecular flexibility index (Phi) is 7.92. The molecule has 0 N–H and O–H groups in total. The first-order valence-electron chi connectivity index (χ1n) is 7.93. The lowest BCUT2D eigenvalue weighted by atomic mass is 9.82. The fourth-order valence-electron chi connectivity index (χ4n) is 2.31. The molecule has 0 heterocycles. The Labute approximate surface area is 131 Å². The Morgan fingerprint density at radius 2 is 1.71 bits per heavy atom. The zero-order chi connectivity index (χ0) is 16.8. The number of alkyl halides is 1. The molecule has 0 saturated carbocycles. The topological polar surface area (TPSA) is 0 Å². The van der Waals surface area contributed by atoms with Gasteiger partial charge in [0.1, 0.15) is 5.67 Å². The van der Waals surface area contributed by atoms with E-state index in [1.807, 2.05) is 19.1 Å². The van der Waals surface area contributed by atoms with Crippen LogP contribution in [-0.4, -0.2) is 5.67 Å². The third kappa shape index (κ3) is 6.46. The minimum Gasteiger partial charge on any atom is -0.239 e. The minimum atomic E-state index is -1.35. The summed E-state index contributed by atoms with van der Waals surface area (Å²) >= 11 is 0. The van der Waals surface area contributed by atoms with Crippen LogP contribution in [0.5, 0.6) is 0 Å². The van der Waals surface area contributed by atoms with Gasteiger partial charge in [-0.1, -0.05) is 53.0 Å². The molecule has 0 nitrogen and oxygen atoms in total. The van der Waals surface area contributed by atoms with Crippen LogP contribution in [0, 0.1) is 17.8 Å². The van der Waals surface area contributed by atoms with Crippen molar-refractivity contribution in [3.63, 3.8) is 0 Å². The Bertz CT molecular complexity index is 416. The van der Waals surface area contributed by atoms with E-state index in [1.165, 1.54) is 0 Å². The van der Waals surface area contributed by atoms with E-state index in [2.05, 4.69) is 40.9 Å². The molecule has 1 unspecified atom stereocenters. The van der Waals surface area contributed by atoms with Crippen LogP contribution in [0.4, 0.5) is 4.39 Å². The first kappa shape index (κ1) is 19.9. The fraction of sp³-hybridized carbons (Fsp3) is 0.600. The number of rotatable bonds is 8. The quantitative estimate of drug-likeness (QED) is 0.438. The molecule has 1 heteroatoms. The van der Waals surface area contributed by atoms with Crippen LogP contribution < -0.4 is 0 Å². The highest BCUT2D eigenvalue weighted by atomic mass is 19.1. The molecule has 0 spiro atoms. The molecular formula is C20H33F. The summed E-state index contributed by atoms with van der Waals surface area (Å²) in [5, 5.41) is 0. The van der Waals surface area contributed by atoms with Gasteiger partial charge in [-0.15, -0.1) is 0 Å². The minimum absolute atomic E-state index is 0.368. The Morgan fingerprint density at radius 1 is 1.19 bits per heavy atom. The molecule has 0 aliphatic carbocycles. The van der Waals surface area contributed by atoms with E-state index in [0.29, 0.717) is 23.3 Å². The third-order valence-electron chi connectivity index (χ3n) is 4.36. The number of allylic oxidation sites excluding steroid dienone is 6. The van der Waals surface area contributed by atoms with E-state index in [0.717, 1.165) is 17.6 Å². The van der Waals surface area contributed by atoms with Crippen molar-refractivity contribution in [3.05, 3.63) is 48.1 Å². The lowest BCUT2D eigenvalue weighted by molar-refractivity contribution is 0.273. The molecule has 0 aromatic heterocycles. The number of hydrogen-bond donors (Lipinski definition) is 0. The molecule has 0 aromatic carbocycles. The van der Waals surface area contributed by atoms with Crippen LogP contribution in [-0.2, 0) is 0 Å². The van der Waals surface area contributed by atoms with Gasteiger partial charge in [0.15, 0.2) is 0 Å². The van der Waals surface area contributed by atoms with Crippen LogP contribution in [0.3, 0.4) is 0 Å². The maximum atomic E-state index is 14.2. The maximum absolute atomic E-state index is 14.2. The van der Waals surface area contributed by atoms with E-state index >= 15 is 0 Å².